The molecule has 0 aliphatic rings. The highest BCUT2D eigenvalue weighted by Crippen LogP contribution is 2.22. The van der Waals surface area contributed by atoms with Gasteiger partial charge in [-0.1, -0.05) is 23.7 Å². The summed E-state index contributed by atoms with van der Waals surface area (Å²) in [6, 6.07) is 11.9. The first-order valence-electron chi connectivity index (χ1n) is 8.11. The number of hydrogen-bond acceptors (Lipinski definition) is 7. The molecule has 1 heterocycles. The number of hydrogen-bond donors (Lipinski definition) is 0. The molecule has 3 aromatic rings. The molecular weight excluding hydrogens is 440 g/mol. The van der Waals surface area contributed by atoms with Crippen molar-refractivity contribution < 1.29 is 26.0 Å². The molecule has 0 aliphatic heterocycles. The Morgan fingerprint density at radius 2 is 1.72 bits per heavy atom. The molecule has 0 radical (unpaired) electrons. The van der Waals surface area contributed by atoms with Gasteiger partial charge in [-0.15, -0.1) is 0 Å². The van der Waals surface area contributed by atoms with E-state index in [1.807, 2.05) is 0 Å². The van der Waals surface area contributed by atoms with Gasteiger partial charge in [0, 0.05) is 15.8 Å². The lowest BCUT2D eigenvalue weighted by Crippen LogP contribution is -2.21. The first-order chi connectivity index (χ1) is 13.6. The standard InChI is InChI=1S/C19H15ClO7S2/c1-26-16-5-2-13(3-6-16)8-9-28(22,23)12-29(24,25)18-11-14-10-15(20)4-7-17(14)27-19(18)21/h2-11H,12H2,1H3. The summed E-state index contributed by atoms with van der Waals surface area (Å²) in [7, 11) is -7.16. The van der Waals surface area contributed by atoms with Crippen molar-refractivity contribution >= 4 is 48.3 Å². The van der Waals surface area contributed by atoms with E-state index in [1.54, 1.807) is 24.3 Å². The maximum atomic E-state index is 12.6. The summed E-state index contributed by atoms with van der Waals surface area (Å²) in [4.78, 5) is 11.3. The molecule has 0 amide bonds. The molecule has 29 heavy (non-hydrogen) atoms. The zero-order valence-electron chi connectivity index (χ0n) is 15.0. The second kappa shape index (κ2) is 8.02. The average molecular weight is 455 g/mol. The van der Waals surface area contributed by atoms with E-state index in [1.165, 1.54) is 31.4 Å². The van der Waals surface area contributed by atoms with Gasteiger partial charge in [0.2, 0.25) is 0 Å². The number of rotatable bonds is 6. The fraction of sp³-hybridized carbons (Fsp3) is 0.105. The largest absolute Gasteiger partial charge is 0.497 e. The second-order valence-corrected chi connectivity index (χ2v) is 10.7. The van der Waals surface area contributed by atoms with E-state index >= 15 is 0 Å². The van der Waals surface area contributed by atoms with Crippen LogP contribution in [0.25, 0.3) is 17.0 Å². The van der Waals surface area contributed by atoms with Crippen molar-refractivity contribution in [2.24, 2.45) is 0 Å². The summed E-state index contributed by atoms with van der Waals surface area (Å²) in [5.74, 6) is 0.593. The molecule has 7 nitrogen and oxygen atoms in total. The molecule has 0 unspecified atom stereocenters. The predicted octanol–water partition coefficient (Wildman–Crippen LogP) is 3.27. The van der Waals surface area contributed by atoms with E-state index in [9.17, 15) is 21.6 Å². The van der Waals surface area contributed by atoms with Crippen molar-refractivity contribution in [1.82, 2.24) is 0 Å². The van der Waals surface area contributed by atoms with Crippen LogP contribution in [-0.4, -0.2) is 29.0 Å². The highest BCUT2D eigenvalue weighted by molar-refractivity contribution is 8.09. The van der Waals surface area contributed by atoms with Gasteiger partial charge >= 0.3 is 5.63 Å². The van der Waals surface area contributed by atoms with E-state index < -0.39 is 35.3 Å². The lowest BCUT2D eigenvalue weighted by Gasteiger charge is -2.04. The predicted molar refractivity (Wildman–Crippen MR) is 110 cm³/mol. The van der Waals surface area contributed by atoms with E-state index in [2.05, 4.69) is 0 Å². The molecule has 2 aromatic carbocycles. The molecule has 152 valence electrons. The second-order valence-electron chi connectivity index (χ2n) is 6.05. The molecule has 0 saturated heterocycles. The zero-order chi connectivity index (χ0) is 21.2. The topological polar surface area (TPSA) is 108 Å². The highest BCUT2D eigenvalue weighted by atomic mass is 35.5. The average Bonchev–Trinajstić information content (AvgIpc) is 2.65. The fourth-order valence-corrected chi connectivity index (χ4v) is 6.21. The number of methoxy groups -OCH3 is 1. The highest BCUT2D eigenvalue weighted by Gasteiger charge is 2.26. The minimum Gasteiger partial charge on any atom is -0.497 e. The minimum atomic E-state index is -4.48. The van der Waals surface area contributed by atoms with Crippen LogP contribution in [0.5, 0.6) is 5.75 Å². The molecule has 0 spiro atoms. The van der Waals surface area contributed by atoms with Gasteiger partial charge in [-0.2, -0.15) is 0 Å². The Hall–Kier alpha value is -2.62. The summed E-state index contributed by atoms with van der Waals surface area (Å²) in [6.07, 6.45) is 1.26. The number of benzene rings is 2. The zero-order valence-corrected chi connectivity index (χ0v) is 17.4. The number of fused-ring (bicyclic) bond motifs is 1. The van der Waals surface area contributed by atoms with Gasteiger partial charge in [-0.05, 0) is 48.0 Å². The third kappa shape index (κ3) is 5.06. The smallest absolute Gasteiger partial charge is 0.355 e. The van der Waals surface area contributed by atoms with Crippen LogP contribution in [0.1, 0.15) is 5.56 Å². The van der Waals surface area contributed by atoms with Crippen molar-refractivity contribution in [2.75, 3.05) is 12.2 Å². The van der Waals surface area contributed by atoms with Crippen molar-refractivity contribution in [3.05, 3.63) is 74.9 Å². The van der Waals surface area contributed by atoms with E-state index in [0.29, 0.717) is 16.3 Å². The molecule has 1 aromatic heterocycles. The number of halogens is 1. The first kappa shape index (κ1) is 21.1. The summed E-state index contributed by atoms with van der Waals surface area (Å²) >= 11 is 5.87. The molecule has 0 N–H and O–H groups in total. The van der Waals surface area contributed by atoms with Crippen LogP contribution < -0.4 is 10.4 Å². The van der Waals surface area contributed by atoms with Crippen LogP contribution in [-0.2, 0) is 19.7 Å². The van der Waals surface area contributed by atoms with Gasteiger partial charge in [-0.3, -0.25) is 0 Å². The van der Waals surface area contributed by atoms with Crippen molar-refractivity contribution in [1.29, 1.82) is 0 Å². The Morgan fingerprint density at radius 1 is 1.03 bits per heavy atom. The normalized spacial score (nSPS) is 12.5. The maximum absolute atomic E-state index is 12.6. The first-order valence-corrected chi connectivity index (χ1v) is 11.9. The van der Waals surface area contributed by atoms with Crippen LogP contribution >= 0.6 is 11.6 Å². The van der Waals surface area contributed by atoms with Crippen molar-refractivity contribution in [2.45, 2.75) is 4.90 Å². The SMILES string of the molecule is COc1ccc(C=CS(=O)(=O)CS(=O)(=O)c2cc3cc(Cl)ccc3oc2=O)cc1. The molecule has 0 aliphatic carbocycles. The minimum absolute atomic E-state index is 0.139. The van der Waals surface area contributed by atoms with Crippen LogP contribution in [0.15, 0.2) is 68.0 Å². The number of ether oxygens (including phenoxy) is 1. The van der Waals surface area contributed by atoms with E-state index in [-0.39, 0.29) is 11.0 Å². The number of sulfone groups is 2. The Kier molecular flexibility index (Phi) is 5.83. The molecule has 3 rings (SSSR count). The Labute approximate surface area is 172 Å². The summed E-state index contributed by atoms with van der Waals surface area (Å²) < 4.78 is 59.7. The molecular formula is C19H15ClO7S2. The van der Waals surface area contributed by atoms with Gasteiger partial charge in [0.15, 0.2) is 29.7 Å². The summed E-state index contributed by atoms with van der Waals surface area (Å²) in [6.45, 7) is 0. The fourth-order valence-electron chi connectivity index (χ4n) is 2.51. The van der Waals surface area contributed by atoms with Crippen molar-refractivity contribution in [3.8, 4) is 5.75 Å². The lowest BCUT2D eigenvalue weighted by atomic mass is 10.2. The summed E-state index contributed by atoms with van der Waals surface area (Å²) in [5, 5.41) is 0.0849. The van der Waals surface area contributed by atoms with E-state index in [0.717, 1.165) is 11.5 Å². The Bertz CT molecular complexity index is 1350. The Balaban J connectivity index is 1.91. The van der Waals surface area contributed by atoms with Crippen LogP contribution in [0.2, 0.25) is 5.02 Å². The monoisotopic (exact) mass is 454 g/mol. The van der Waals surface area contributed by atoms with Crippen LogP contribution in [0, 0.1) is 0 Å². The maximum Gasteiger partial charge on any atom is 0.355 e. The lowest BCUT2D eigenvalue weighted by molar-refractivity contribution is 0.415. The third-order valence-electron chi connectivity index (χ3n) is 3.90. The van der Waals surface area contributed by atoms with E-state index in [4.69, 9.17) is 20.8 Å². The molecule has 0 atom stereocenters. The van der Waals surface area contributed by atoms with Gasteiger partial charge in [0.05, 0.1) is 7.11 Å². The molecule has 0 bridgehead atoms. The van der Waals surface area contributed by atoms with Crippen molar-refractivity contribution in [3.63, 3.8) is 0 Å². The summed E-state index contributed by atoms with van der Waals surface area (Å²) in [5.41, 5.74) is -0.471. The van der Waals surface area contributed by atoms with Gasteiger partial charge in [0.25, 0.3) is 0 Å². The Morgan fingerprint density at radius 3 is 2.38 bits per heavy atom. The van der Waals surface area contributed by atoms with Gasteiger partial charge in [-0.25, -0.2) is 21.6 Å². The van der Waals surface area contributed by atoms with Gasteiger partial charge in [0.1, 0.15) is 11.3 Å². The molecule has 0 saturated carbocycles. The molecule has 10 heteroatoms. The van der Waals surface area contributed by atoms with Gasteiger partial charge < -0.3 is 9.15 Å². The van der Waals surface area contributed by atoms with Crippen LogP contribution in [0.3, 0.4) is 0 Å². The molecule has 0 fully saturated rings. The third-order valence-corrected chi connectivity index (χ3v) is 8.20. The van der Waals surface area contributed by atoms with Crippen LogP contribution in [0.4, 0.5) is 0 Å². The quantitative estimate of drug-likeness (QED) is 0.526.